The van der Waals surface area contributed by atoms with Gasteiger partial charge in [0, 0.05) is 43.0 Å². The van der Waals surface area contributed by atoms with Crippen molar-refractivity contribution in [3.63, 3.8) is 0 Å². The third-order valence-electron chi connectivity index (χ3n) is 6.58. The van der Waals surface area contributed by atoms with E-state index in [2.05, 4.69) is 42.6 Å². The number of aromatic hydroxyl groups is 1. The van der Waals surface area contributed by atoms with E-state index in [1.54, 1.807) is 25.4 Å². The van der Waals surface area contributed by atoms with Gasteiger partial charge in [-0.15, -0.1) is 0 Å². The third-order valence-corrected chi connectivity index (χ3v) is 7.33. The number of fused-ring (bicyclic) bond motifs is 2. The summed E-state index contributed by atoms with van der Waals surface area (Å²) < 4.78 is 10.7. The molecule has 4 heterocycles. The van der Waals surface area contributed by atoms with E-state index >= 15 is 0 Å². The first-order valence-corrected chi connectivity index (χ1v) is 12.4. The molecule has 0 unspecified atom stereocenters. The first kappa shape index (κ1) is 22.1. The van der Waals surface area contributed by atoms with E-state index in [0.29, 0.717) is 5.92 Å². The Morgan fingerprint density at radius 3 is 3.21 bits per heavy atom. The maximum absolute atomic E-state index is 10.5. The van der Waals surface area contributed by atoms with Crippen molar-refractivity contribution in [2.45, 2.75) is 19.3 Å². The van der Waals surface area contributed by atoms with Crippen molar-refractivity contribution in [2.24, 2.45) is 5.92 Å². The molecule has 0 aliphatic carbocycles. The highest BCUT2D eigenvalue weighted by molar-refractivity contribution is 7.95. The zero-order valence-corrected chi connectivity index (χ0v) is 19.8. The summed E-state index contributed by atoms with van der Waals surface area (Å²) >= 11 is 1.59. The topological polar surface area (TPSA) is 72.9 Å². The summed E-state index contributed by atoms with van der Waals surface area (Å²) in [5, 5.41) is 15.1. The summed E-state index contributed by atoms with van der Waals surface area (Å²) in [6.45, 7) is 5.06. The first-order chi connectivity index (χ1) is 16.2. The number of ether oxygens (including phenoxy) is 1. The molecule has 1 aromatic carbocycles. The molecule has 0 bridgehead atoms. The molecule has 5 rings (SSSR count). The fraction of sp³-hybridized carbons (Fsp3) is 0.400. The molecule has 8 heteroatoms. The number of piperidine rings is 1. The Hall–Kier alpha value is -2.68. The van der Waals surface area contributed by atoms with Gasteiger partial charge in [-0.25, -0.2) is 0 Å². The van der Waals surface area contributed by atoms with Gasteiger partial charge in [0.25, 0.3) is 0 Å². The van der Waals surface area contributed by atoms with Crippen LogP contribution in [0.3, 0.4) is 0 Å². The zero-order chi connectivity index (χ0) is 22.6. The van der Waals surface area contributed by atoms with Crippen molar-refractivity contribution in [1.29, 1.82) is 0 Å². The normalized spacial score (nSPS) is 20.4. The molecule has 2 aromatic rings. The number of benzene rings is 1. The van der Waals surface area contributed by atoms with Gasteiger partial charge in [-0.05, 0) is 74.2 Å². The maximum Gasteiger partial charge on any atom is 0.137 e. The Balaban J connectivity index is 1.14. The zero-order valence-electron chi connectivity index (χ0n) is 19.0. The SMILES string of the molecule is COc1ccc2ncc(O)c(CCN3CCC[C@@H](CNCC4=CC5=CNSN5C=C4)C3)c2c1. The summed E-state index contributed by atoms with van der Waals surface area (Å²) in [7, 11) is 1.66. The highest BCUT2D eigenvalue weighted by atomic mass is 32.2. The molecule has 3 N–H and O–H groups in total. The average Bonchev–Trinajstić information content (AvgIpc) is 3.31. The molecule has 33 heavy (non-hydrogen) atoms. The van der Waals surface area contributed by atoms with E-state index in [1.807, 2.05) is 24.4 Å². The highest BCUT2D eigenvalue weighted by Gasteiger charge is 2.21. The van der Waals surface area contributed by atoms with Crippen LogP contribution in [-0.2, 0) is 6.42 Å². The lowest BCUT2D eigenvalue weighted by molar-refractivity contribution is 0.174. The highest BCUT2D eigenvalue weighted by Crippen LogP contribution is 2.30. The van der Waals surface area contributed by atoms with Gasteiger partial charge in [-0.2, -0.15) is 0 Å². The van der Waals surface area contributed by atoms with Crippen molar-refractivity contribution in [3.05, 3.63) is 65.8 Å². The largest absolute Gasteiger partial charge is 0.506 e. The minimum atomic E-state index is 0.268. The number of allylic oxidation sites excluding steroid dienone is 1. The molecule has 174 valence electrons. The Labute approximate surface area is 199 Å². The monoisotopic (exact) mass is 465 g/mol. The van der Waals surface area contributed by atoms with Crippen LogP contribution in [0.5, 0.6) is 11.5 Å². The number of hydrogen-bond acceptors (Lipinski definition) is 8. The fourth-order valence-electron chi connectivity index (χ4n) is 4.81. The maximum atomic E-state index is 10.5. The first-order valence-electron chi connectivity index (χ1n) is 11.6. The minimum absolute atomic E-state index is 0.268. The number of nitrogens with one attached hydrogen (secondary N) is 2. The smallest absolute Gasteiger partial charge is 0.137 e. The summed E-state index contributed by atoms with van der Waals surface area (Å²) in [6.07, 6.45) is 13.4. The van der Waals surface area contributed by atoms with E-state index in [4.69, 9.17) is 4.74 Å². The van der Waals surface area contributed by atoms with Crippen LogP contribution in [0.15, 0.2) is 60.2 Å². The van der Waals surface area contributed by atoms with E-state index in [-0.39, 0.29) is 5.75 Å². The number of aromatic nitrogens is 1. The van der Waals surface area contributed by atoms with Gasteiger partial charge >= 0.3 is 0 Å². The molecule has 1 saturated heterocycles. The van der Waals surface area contributed by atoms with Crippen molar-refractivity contribution in [1.82, 2.24) is 24.2 Å². The Morgan fingerprint density at radius 1 is 1.36 bits per heavy atom. The molecule has 3 aliphatic heterocycles. The van der Waals surface area contributed by atoms with Gasteiger partial charge in [0.05, 0.1) is 36.7 Å². The number of likely N-dealkylation sites (tertiary alicyclic amines) is 1. The lowest BCUT2D eigenvalue weighted by Crippen LogP contribution is -2.40. The van der Waals surface area contributed by atoms with Crippen LogP contribution in [0.1, 0.15) is 18.4 Å². The van der Waals surface area contributed by atoms with Crippen LogP contribution in [0, 0.1) is 5.92 Å². The number of methoxy groups -OCH3 is 1. The summed E-state index contributed by atoms with van der Waals surface area (Å²) in [4.78, 5) is 6.90. The number of nitrogens with zero attached hydrogens (tertiary/aromatic N) is 3. The van der Waals surface area contributed by atoms with Crippen LogP contribution in [0.2, 0.25) is 0 Å². The molecular weight excluding hydrogens is 434 g/mol. The van der Waals surface area contributed by atoms with Crippen molar-refractivity contribution in [3.8, 4) is 11.5 Å². The average molecular weight is 466 g/mol. The van der Waals surface area contributed by atoms with Crippen LogP contribution in [0.25, 0.3) is 10.9 Å². The van der Waals surface area contributed by atoms with E-state index in [0.717, 1.165) is 61.4 Å². The van der Waals surface area contributed by atoms with Crippen LogP contribution < -0.4 is 14.8 Å². The molecule has 1 atom stereocenters. The van der Waals surface area contributed by atoms with E-state index in [9.17, 15) is 5.11 Å². The molecule has 0 spiro atoms. The van der Waals surface area contributed by atoms with Gasteiger partial charge in [-0.3, -0.25) is 9.29 Å². The van der Waals surface area contributed by atoms with Gasteiger partial charge < -0.3 is 24.8 Å². The van der Waals surface area contributed by atoms with Gasteiger partial charge in [0.15, 0.2) is 0 Å². The Morgan fingerprint density at radius 2 is 2.30 bits per heavy atom. The molecule has 1 fully saturated rings. The second-order valence-corrected chi connectivity index (χ2v) is 9.65. The summed E-state index contributed by atoms with van der Waals surface area (Å²) in [6, 6.07) is 5.84. The molecule has 0 saturated carbocycles. The third kappa shape index (κ3) is 5.13. The van der Waals surface area contributed by atoms with Crippen molar-refractivity contribution >= 4 is 23.0 Å². The Kier molecular flexibility index (Phi) is 6.75. The van der Waals surface area contributed by atoms with Crippen molar-refractivity contribution in [2.75, 3.05) is 39.8 Å². The predicted octanol–water partition coefficient (Wildman–Crippen LogP) is 3.56. The van der Waals surface area contributed by atoms with Gasteiger partial charge in [-0.1, -0.05) is 0 Å². The lowest BCUT2D eigenvalue weighted by Gasteiger charge is -2.33. The molecule has 1 aromatic heterocycles. The molecule has 3 aliphatic rings. The summed E-state index contributed by atoms with van der Waals surface area (Å²) in [5.41, 5.74) is 4.36. The van der Waals surface area contributed by atoms with Crippen LogP contribution in [-0.4, -0.2) is 59.1 Å². The quantitative estimate of drug-likeness (QED) is 0.511. The predicted molar refractivity (Wildman–Crippen MR) is 134 cm³/mol. The second kappa shape index (κ2) is 10.1. The molecule has 7 nitrogen and oxygen atoms in total. The molecular formula is C25H31N5O2S. The van der Waals surface area contributed by atoms with Crippen LogP contribution >= 0.6 is 12.1 Å². The fourth-order valence-corrected chi connectivity index (χ4v) is 5.43. The van der Waals surface area contributed by atoms with E-state index < -0.39 is 0 Å². The number of pyridine rings is 1. The second-order valence-electron chi connectivity index (χ2n) is 8.83. The standard InChI is InChI=1S/C25H31N5O2S/c1-32-21-4-5-24-23(12-21)22(25(31)16-27-24)7-9-29-8-2-3-19(17-29)14-26-13-18-6-10-30-20(11-18)15-28-33-30/h4-6,10-12,15-16,19,26,28,31H,2-3,7-9,13-14,17H2,1H3/t19-/m0/s1. The number of rotatable bonds is 8. The Bertz CT molecular complexity index is 1100. The number of hydrogen-bond donors (Lipinski definition) is 3. The van der Waals surface area contributed by atoms with E-state index in [1.165, 1.54) is 24.1 Å². The van der Waals surface area contributed by atoms with Gasteiger partial charge in [0.2, 0.25) is 0 Å². The lowest BCUT2D eigenvalue weighted by atomic mass is 9.97. The van der Waals surface area contributed by atoms with Gasteiger partial charge in [0.1, 0.15) is 11.5 Å². The molecule has 0 amide bonds. The van der Waals surface area contributed by atoms with Crippen molar-refractivity contribution < 1.29 is 9.84 Å². The minimum Gasteiger partial charge on any atom is -0.506 e. The summed E-state index contributed by atoms with van der Waals surface area (Å²) in [5.74, 6) is 1.70. The molecule has 0 radical (unpaired) electrons. The van der Waals surface area contributed by atoms with Crippen LogP contribution in [0.4, 0.5) is 0 Å².